The Morgan fingerprint density at radius 1 is 1.13 bits per heavy atom. The minimum atomic E-state index is 0.00407. The van der Waals surface area contributed by atoms with Crippen LogP contribution in [0.1, 0.15) is 21.6 Å². The van der Waals surface area contributed by atoms with Crippen molar-refractivity contribution in [2.24, 2.45) is 0 Å². The number of carbonyl (C=O) groups is 1. The van der Waals surface area contributed by atoms with E-state index in [1.807, 2.05) is 18.2 Å². The third kappa shape index (κ3) is 4.18. The van der Waals surface area contributed by atoms with Gasteiger partial charge in [-0.15, -0.1) is 0 Å². The van der Waals surface area contributed by atoms with E-state index in [9.17, 15) is 4.79 Å². The molecule has 23 heavy (non-hydrogen) atoms. The number of aromatic amines is 1. The lowest BCUT2D eigenvalue weighted by Crippen LogP contribution is -2.43. The Balaban J connectivity index is 1.69. The molecule has 2 heterocycles. The summed E-state index contributed by atoms with van der Waals surface area (Å²) in [6.07, 6.45) is 5.34. The minimum Gasteiger partial charge on any atom is -0.359 e. The molecule has 1 aliphatic rings. The van der Waals surface area contributed by atoms with E-state index < -0.39 is 0 Å². The molecule has 2 aromatic rings. The Labute approximate surface area is 137 Å². The van der Waals surface area contributed by atoms with Crippen molar-refractivity contribution in [3.8, 4) is 0 Å². The Kier molecular flexibility index (Phi) is 5.05. The number of H-pyrrole nitrogens is 1. The van der Waals surface area contributed by atoms with Crippen molar-refractivity contribution in [3.63, 3.8) is 0 Å². The Hall–Kier alpha value is -2.17. The number of allylic oxidation sites excluding steroid dienone is 1. The van der Waals surface area contributed by atoms with Gasteiger partial charge in [0.15, 0.2) is 0 Å². The second-order valence-corrected chi connectivity index (χ2v) is 6.06. The number of hydrogen-bond acceptors (Lipinski definition) is 3. The van der Waals surface area contributed by atoms with E-state index in [0.717, 1.165) is 38.3 Å². The van der Waals surface area contributed by atoms with Crippen molar-refractivity contribution < 1.29 is 4.79 Å². The molecule has 4 heteroatoms. The fourth-order valence-electron chi connectivity index (χ4n) is 2.83. The molecule has 0 saturated carbocycles. The average molecular weight is 309 g/mol. The first-order valence-electron chi connectivity index (χ1n) is 8.07. The van der Waals surface area contributed by atoms with Crippen LogP contribution in [0.2, 0.25) is 0 Å². The zero-order valence-corrected chi connectivity index (χ0v) is 13.5. The SMILES string of the molecule is CN1CCN(Cc2ccccc2/C=C/C(=O)c2ccc[nH]2)CC1. The summed E-state index contributed by atoms with van der Waals surface area (Å²) in [6, 6.07) is 11.9. The number of rotatable bonds is 5. The molecule has 0 atom stereocenters. The molecule has 0 spiro atoms. The summed E-state index contributed by atoms with van der Waals surface area (Å²) in [5, 5.41) is 0. The van der Waals surface area contributed by atoms with Crippen molar-refractivity contribution in [1.29, 1.82) is 0 Å². The lowest BCUT2D eigenvalue weighted by molar-refractivity contribution is 0.104. The Morgan fingerprint density at radius 3 is 2.65 bits per heavy atom. The summed E-state index contributed by atoms with van der Waals surface area (Å²) >= 11 is 0. The molecule has 0 bridgehead atoms. The number of likely N-dealkylation sites (N-methyl/N-ethyl adjacent to an activating group) is 1. The summed E-state index contributed by atoms with van der Waals surface area (Å²) < 4.78 is 0. The van der Waals surface area contributed by atoms with E-state index in [1.54, 1.807) is 18.3 Å². The third-order valence-corrected chi connectivity index (χ3v) is 4.32. The number of aromatic nitrogens is 1. The fourth-order valence-corrected chi connectivity index (χ4v) is 2.83. The molecule has 0 unspecified atom stereocenters. The van der Waals surface area contributed by atoms with E-state index in [4.69, 9.17) is 0 Å². The molecule has 120 valence electrons. The second kappa shape index (κ2) is 7.40. The molecule has 1 fully saturated rings. The van der Waals surface area contributed by atoms with Crippen molar-refractivity contribution in [1.82, 2.24) is 14.8 Å². The van der Waals surface area contributed by atoms with Gasteiger partial charge in [-0.1, -0.05) is 30.3 Å². The van der Waals surface area contributed by atoms with Crippen LogP contribution in [0.15, 0.2) is 48.7 Å². The van der Waals surface area contributed by atoms with Crippen LogP contribution in [0.25, 0.3) is 6.08 Å². The van der Waals surface area contributed by atoms with Crippen molar-refractivity contribution in [3.05, 3.63) is 65.5 Å². The van der Waals surface area contributed by atoms with Gasteiger partial charge in [-0.05, 0) is 36.4 Å². The van der Waals surface area contributed by atoms with E-state index in [2.05, 4.69) is 40.0 Å². The Bertz CT molecular complexity index is 668. The van der Waals surface area contributed by atoms with E-state index >= 15 is 0 Å². The molecule has 4 nitrogen and oxygen atoms in total. The summed E-state index contributed by atoms with van der Waals surface area (Å²) in [5.74, 6) is 0.00407. The highest BCUT2D eigenvalue weighted by molar-refractivity contribution is 6.05. The van der Waals surface area contributed by atoms with E-state index in [1.165, 1.54) is 5.56 Å². The lowest BCUT2D eigenvalue weighted by Gasteiger charge is -2.32. The highest BCUT2D eigenvalue weighted by Gasteiger charge is 2.14. The number of carbonyl (C=O) groups excluding carboxylic acids is 1. The summed E-state index contributed by atoms with van der Waals surface area (Å²) in [6.45, 7) is 5.35. The number of benzene rings is 1. The normalized spacial score (nSPS) is 16.9. The summed E-state index contributed by atoms with van der Waals surface area (Å²) in [4.78, 5) is 19.9. The molecule has 0 radical (unpaired) electrons. The number of ketones is 1. The van der Waals surface area contributed by atoms with Gasteiger partial charge < -0.3 is 9.88 Å². The van der Waals surface area contributed by atoms with Gasteiger partial charge in [-0.25, -0.2) is 0 Å². The fraction of sp³-hybridized carbons (Fsp3) is 0.316. The van der Waals surface area contributed by atoms with Gasteiger partial charge in [0.2, 0.25) is 5.78 Å². The quantitative estimate of drug-likeness (QED) is 0.682. The first-order chi connectivity index (χ1) is 11.2. The van der Waals surface area contributed by atoms with E-state index in [-0.39, 0.29) is 5.78 Å². The van der Waals surface area contributed by atoms with Gasteiger partial charge in [-0.3, -0.25) is 9.69 Å². The average Bonchev–Trinajstić information content (AvgIpc) is 3.10. The van der Waals surface area contributed by atoms with E-state index in [0.29, 0.717) is 5.69 Å². The van der Waals surface area contributed by atoms with Crippen LogP contribution < -0.4 is 0 Å². The predicted molar refractivity (Wildman–Crippen MR) is 93.4 cm³/mol. The molecular weight excluding hydrogens is 286 g/mol. The summed E-state index contributed by atoms with van der Waals surface area (Å²) in [7, 11) is 2.17. The molecule has 1 saturated heterocycles. The number of piperazine rings is 1. The smallest absolute Gasteiger partial charge is 0.201 e. The first-order valence-corrected chi connectivity index (χ1v) is 8.07. The largest absolute Gasteiger partial charge is 0.359 e. The van der Waals surface area contributed by atoms with Gasteiger partial charge in [0.05, 0.1) is 5.69 Å². The van der Waals surface area contributed by atoms with Crippen LogP contribution in [0.3, 0.4) is 0 Å². The molecule has 1 aliphatic heterocycles. The Morgan fingerprint density at radius 2 is 1.91 bits per heavy atom. The molecule has 0 amide bonds. The van der Waals surface area contributed by atoms with Gasteiger partial charge in [0.25, 0.3) is 0 Å². The zero-order valence-electron chi connectivity index (χ0n) is 13.5. The van der Waals surface area contributed by atoms with Crippen LogP contribution in [0.5, 0.6) is 0 Å². The standard InChI is InChI=1S/C19H23N3O/c1-21-11-13-22(14-12-21)15-17-6-3-2-5-16(17)8-9-19(23)18-7-4-10-20-18/h2-10,20H,11-15H2,1H3/b9-8+. The maximum atomic E-state index is 12.1. The van der Waals surface area contributed by atoms with Crippen LogP contribution in [0, 0.1) is 0 Å². The van der Waals surface area contributed by atoms with Crippen LogP contribution in [0.4, 0.5) is 0 Å². The lowest BCUT2D eigenvalue weighted by atomic mass is 10.1. The van der Waals surface area contributed by atoms with Crippen LogP contribution >= 0.6 is 0 Å². The molecular formula is C19H23N3O. The number of nitrogens with one attached hydrogen (secondary N) is 1. The van der Waals surface area contributed by atoms with Crippen molar-refractivity contribution in [2.45, 2.75) is 6.54 Å². The minimum absolute atomic E-state index is 0.00407. The maximum Gasteiger partial charge on any atom is 0.201 e. The van der Waals surface area contributed by atoms with Gasteiger partial charge >= 0.3 is 0 Å². The highest BCUT2D eigenvalue weighted by atomic mass is 16.1. The van der Waals surface area contributed by atoms with Crippen LogP contribution in [-0.2, 0) is 6.54 Å². The topological polar surface area (TPSA) is 39.3 Å². The zero-order chi connectivity index (χ0) is 16.1. The second-order valence-electron chi connectivity index (χ2n) is 6.06. The maximum absolute atomic E-state index is 12.1. The van der Waals surface area contributed by atoms with Gasteiger partial charge in [0, 0.05) is 38.9 Å². The molecule has 1 aromatic carbocycles. The van der Waals surface area contributed by atoms with Crippen molar-refractivity contribution in [2.75, 3.05) is 33.2 Å². The number of hydrogen-bond donors (Lipinski definition) is 1. The third-order valence-electron chi connectivity index (χ3n) is 4.32. The number of nitrogens with zero attached hydrogens (tertiary/aromatic N) is 2. The highest BCUT2D eigenvalue weighted by Crippen LogP contribution is 2.15. The van der Waals surface area contributed by atoms with Gasteiger partial charge in [0.1, 0.15) is 0 Å². The molecule has 3 rings (SSSR count). The summed E-state index contributed by atoms with van der Waals surface area (Å²) in [5.41, 5.74) is 3.01. The van der Waals surface area contributed by atoms with Crippen molar-refractivity contribution >= 4 is 11.9 Å². The molecule has 1 N–H and O–H groups in total. The molecule has 1 aromatic heterocycles. The first kappa shape index (κ1) is 15.7. The predicted octanol–water partition coefficient (Wildman–Crippen LogP) is 2.66. The van der Waals surface area contributed by atoms with Gasteiger partial charge in [-0.2, -0.15) is 0 Å². The van der Waals surface area contributed by atoms with Crippen LogP contribution in [-0.4, -0.2) is 53.8 Å². The monoisotopic (exact) mass is 309 g/mol. The molecule has 0 aliphatic carbocycles.